The molecule has 5 nitrogen and oxygen atoms in total. The number of carbonyl (C=O) groups excluding carboxylic acids is 1. The summed E-state index contributed by atoms with van der Waals surface area (Å²) >= 11 is 1.62. The first-order valence-corrected chi connectivity index (χ1v) is 11.5. The smallest absolute Gasteiger partial charge is 0.253 e. The topological polar surface area (TPSA) is 57.7 Å². The number of amides is 1. The maximum absolute atomic E-state index is 13.0. The lowest BCUT2D eigenvalue weighted by Crippen LogP contribution is -2.42. The summed E-state index contributed by atoms with van der Waals surface area (Å²) in [7, 11) is -1.84. The van der Waals surface area contributed by atoms with Crippen LogP contribution in [-0.2, 0) is 16.6 Å². The Morgan fingerprint density at radius 2 is 2.07 bits per heavy atom. The molecule has 27 heavy (non-hydrogen) atoms. The third-order valence-electron chi connectivity index (χ3n) is 5.13. The Bertz CT molecular complexity index is 921. The third-order valence-corrected chi connectivity index (χ3v) is 8.14. The average molecular weight is 407 g/mol. The van der Waals surface area contributed by atoms with E-state index in [1.54, 1.807) is 45.8 Å². The van der Waals surface area contributed by atoms with Crippen molar-refractivity contribution in [2.45, 2.75) is 50.6 Å². The summed E-state index contributed by atoms with van der Waals surface area (Å²) in [6, 6.07) is 8.45. The van der Waals surface area contributed by atoms with Gasteiger partial charge in [-0.2, -0.15) is 4.31 Å². The lowest BCUT2D eigenvalue weighted by Gasteiger charge is -2.32. The van der Waals surface area contributed by atoms with Crippen LogP contribution < -0.4 is 0 Å². The van der Waals surface area contributed by atoms with Crippen molar-refractivity contribution in [2.75, 3.05) is 13.6 Å². The van der Waals surface area contributed by atoms with E-state index in [4.69, 9.17) is 0 Å². The minimum atomic E-state index is -3.58. The molecule has 0 spiro atoms. The summed E-state index contributed by atoms with van der Waals surface area (Å²) in [5.41, 5.74) is 1.56. The summed E-state index contributed by atoms with van der Waals surface area (Å²) in [4.78, 5) is 15.8. The first-order chi connectivity index (χ1) is 12.8. The molecule has 2 aromatic rings. The van der Waals surface area contributed by atoms with Gasteiger partial charge < -0.3 is 4.90 Å². The van der Waals surface area contributed by atoms with Gasteiger partial charge in [-0.3, -0.25) is 4.79 Å². The van der Waals surface area contributed by atoms with Crippen LogP contribution in [0.4, 0.5) is 0 Å². The number of hydrogen-bond donors (Lipinski definition) is 0. The summed E-state index contributed by atoms with van der Waals surface area (Å²) in [6.07, 6.45) is 2.81. The van der Waals surface area contributed by atoms with Crippen molar-refractivity contribution < 1.29 is 13.2 Å². The molecule has 1 saturated heterocycles. The maximum atomic E-state index is 13.0. The minimum Gasteiger partial charge on any atom is -0.337 e. The van der Waals surface area contributed by atoms with E-state index >= 15 is 0 Å². The predicted octanol–water partition coefficient (Wildman–Crippen LogP) is 3.89. The van der Waals surface area contributed by atoms with E-state index in [0.717, 1.165) is 29.7 Å². The number of aryl methyl sites for hydroxylation is 1. The molecule has 1 aromatic heterocycles. The Hall–Kier alpha value is -1.70. The average Bonchev–Trinajstić information content (AvgIpc) is 3.06. The molecule has 1 amide bonds. The molecule has 146 valence electrons. The van der Waals surface area contributed by atoms with E-state index in [-0.39, 0.29) is 16.8 Å². The standard InChI is InChI=1S/C20H26N2O3S2/c1-15-10-12-26-19(15)14-21(3)20(23)17-8-6-9-18(13-17)27(24,25)22-11-5-4-7-16(22)2/h6,8-10,12-13,16H,4-5,7,11,14H2,1-3H3/t16-/m0/s1. The Kier molecular flexibility index (Phi) is 6.03. The predicted molar refractivity (Wildman–Crippen MR) is 109 cm³/mol. The second-order valence-corrected chi connectivity index (χ2v) is 10.1. The van der Waals surface area contributed by atoms with Crippen molar-refractivity contribution in [3.63, 3.8) is 0 Å². The van der Waals surface area contributed by atoms with Crippen LogP contribution in [-0.4, -0.2) is 43.2 Å². The summed E-state index contributed by atoms with van der Waals surface area (Å²) in [5.74, 6) is -0.174. The van der Waals surface area contributed by atoms with Gasteiger partial charge >= 0.3 is 0 Å². The normalized spacial score (nSPS) is 18.4. The number of nitrogens with zero attached hydrogens (tertiary/aromatic N) is 2. The van der Waals surface area contributed by atoms with Crippen molar-refractivity contribution in [1.29, 1.82) is 0 Å². The Balaban J connectivity index is 1.82. The van der Waals surface area contributed by atoms with Crippen LogP contribution in [0, 0.1) is 6.92 Å². The largest absolute Gasteiger partial charge is 0.337 e. The SMILES string of the molecule is Cc1ccsc1CN(C)C(=O)c1cccc(S(=O)(=O)N2CCCC[C@@H]2C)c1. The van der Waals surface area contributed by atoms with E-state index in [2.05, 4.69) is 0 Å². The van der Waals surface area contributed by atoms with Crippen LogP contribution in [0.5, 0.6) is 0 Å². The lowest BCUT2D eigenvalue weighted by molar-refractivity contribution is 0.0786. The fourth-order valence-corrected chi connectivity index (χ4v) is 6.13. The molecule has 2 heterocycles. The van der Waals surface area contributed by atoms with Crippen LogP contribution >= 0.6 is 11.3 Å². The van der Waals surface area contributed by atoms with Gasteiger partial charge in [0.05, 0.1) is 11.4 Å². The number of thiophene rings is 1. The minimum absolute atomic E-state index is 0.00687. The van der Waals surface area contributed by atoms with E-state index in [9.17, 15) is 13.2 Å². The van der Waals surface area contributed by atoms with Crippen LogP contribution in [0.15, 0.2) is 40.6 Å². The molecule has 7 heteroatoms. The number of benzene rings is 1. The molecule has 0 bridgehead atoms. The molecule has 0 saturated carbocycles. The van der Waals surface area contributed by atoms with Crippen molar-refractivity contribution in [2.24, 2.45) is 0 Å². The molecule has 0 aliphatic carbocycles. The van der Waals surface area contributed by atoms with Crippen molar-refractivity contribution >= 4 is 27.3 Å². The molecular formula is C20H26N2O3S2. The second kappa shape index (κ2) is 8.12. The molecule has 0 unspecified atom stereocenters. The summed E-state index contributed by atoms with van der Waals surface area (Å²) < 4.78 is 27.7. The fourth-order valence-electron chi connectivity index (χ4n) is 3.43. The number of hydrogen-bond acceptors (Lipinski definition) is 4. The second-order valence-electron chi connectivity index (χ2n) is 7.18. The molecule has 0 radical (unpaired) electrons. The molecular weight excluding hydrogens is 380 g/mol. The van der Waals surface area contributed by atoms with Crippen LogP contribution in [0.3, 0.4) is 0 Å². The zero-order valence-corrected chi connectivity index (χ0v) is 17.6. The summed E-state index contributed by atoms with van der Waals surface area (Å²) in [5, 5.41) is 2.01. The van der Waals surface area contributed by atoms with Gasteiger partial charge in [0.15, 0.2) is 0 Å². The van der Waals surface area contributed by atoms with Gasteiger partial charge in [0.2, 0.25) is 10.0 Å². The van der Waals surface area contributed by atoms with Crippen molar-refractivity contribution in [3.8, 4) is 0 Å². The van der Waals surface area contributed by atoms with Gasteiger partial charge in [-0.05, 0) is 61.9 Å². The molecule has 3 rings (SSSR count). The Morgan fingerprint density at radius 1 is 1.30 bits per heavy atom. The van der Waals surface area contributed by atoms with Gasteiger partial charge in [-0.25, -0.2) is 8.42 Å². The quantitative estimate of drug-likeness (QED) is 0.757. The van der Waals surface area contributed by atoms with Gasteiger partial charge in [0.25, 0.3) is 5.91 Å². The molecule has 1 aliphatic rings. The number of carbonyl (C=O) groups is 1. The highest BCUT2D eigenvalue weighted by Crippen LogP contribution is 2.26. The summed E-state index contributed by atoms with van der Waals surface area (Å²) in [6.45, 7) is 5.03. The monoisotopic (exact) mass is 406 g/mol. The van der Waals surface area contributed by atoms with E-state index in [1.165, 1.54) is 6.07 Å². The van der Waals surface area contributed by atoms with Gasteiger partial charge in [-0.1, -0.05) is 12.5 Å². The molecule has 1 fully saturated rings. The Labute approximate surface area is 165 Å². The van der Waals surface area contributed by atoms with Gasteiger partial charge in [0, 0.05) is 30.1 Å². The van der Waals surface area contributed by atoms with E-state index in [1.807, 2.05) is 25.3 Å². The lowest BCUT2D eigenvalue weighted by atomic mass is 10.1. The van der Waals surface area contributed by atoms with E-state index in [0.29, 0.717) is 18.7 Å². The molecule has 1 aliphatic heterocycles. The third kappa shape index (κ3) is 4.25. The Morgan fingerprint density at radius 3 is 2.74 bits per heavy atom. The van der Waals surface area contributed by atoms with Crippen LogP contribution in [0.25, 0.3) is 0 Å². The highest BCUT2D eigenvalue weighted by molar-refractivity contribution is 7.89. The maximum Gasteiger partial charge on any atom is 0.253 e. The molecule has 1 aromatic carbocycles. The number of piperidine rings is 1. The van der Waals surface area contributed by atoms with Crippen LogP contribution in [0.2, 0.25) is 0 Å². The van der Waals surface area contributed by atoms with Crippen LogP contribution in [0.1, 0.15) is 47.0 Å². The zero-order chi connectivity index (χ0) is 19.6. The van der Waals surface area contributed by atoms with Crippen molar-refractivity contribution in [3.05, 3.63) is 51.7 Å². The number of rotatable bonds is 5. The highest BCUT2D eigenvalue weighted by atomic mass is 32.2. The fraction of sp³-hybridized carbons (Fsp3) is 0.450. The zero-order valence-electron chi connectivity index (χ0n) is 16.0. The van der Waals surface area contributed by atoms with Crippen molar-refractivity contribution in [1.82, 2.24) is 9.21 Å². The number of sulfonamides is 1. The highest BCUT2D eigenvalue weighted by Gasteiger charge is 2.31. The molecule has 1 atom stereocenters. The van der Waals surface area contributed by atoms with Gasteiger partial charge in [-0.15, -0.1) is 11.3 Å². The first kappa shape index (κ1) is 20.0. The van der Waals surface area contributed by atoms with E-state index < -0.39 is 10.0 Å². The first-order valence-electron chi connectivity index (χ1n) is 9.21. The van der Waals surface area contributed by atoms with Gasteiger partial charge in [0.1, 0.15) is 0 Å². The molecule has 0 N–H and O–H groups in total.